The quantitative estimate of drug-likeness (QED) is 0.655. The molecule has 1 aromatic carbocycles. The van der Waals surface area contributed by atoms with Gasteiger partial charge in [0.2, 0.25) is 0 Å². The fourth-order valence-corrected chi connectivity index (χ4v) is 1.20. The molecule has 1 aromatic rings. The largest absolute Gasteiger partial charge is 0.397 e. The van der Waals surface area contributed by atoms with Crippen LogP contribution < -0.4 is 11.1 Å². The minimum atomic E-state index is -4.80. The topological polar surface area (TPSA) is 55.1 Å². The third-order valence-corrected chi connectivity index (χ3v) is 2.18. The average molecular weight is 271 g/mol. The summed E-state index contributed by atoms with van der Waals surface area (Å²) in [5.74, 6) is -6.96. The number of carbonyl (C=O) groups is 1. The second-order valence-corrected chi connectivity index (χ2v) is 3.49. The summed E-state index contributed by atoms with van der Waals surface area (Å²) in [6, 6.07) is 3.97. The number of nitrogens with one attached hydrogen (secondary N) is 1. The molecule has 0 spiro atoms. The Kier molecular flexibility index (Phi) is 3.82. The van der Waals surface area contributed by atoms with Gasteiger partial charge in [-0.3, -0.25) is 4.79 Å². The molecule has 17 heavy (non-hydrogen) atoms. The Balaban J connectivity index is 2.96. The van der Waals surface area contributed by atoms with E-state index in [4.69, 9.17) is 17.3 Å². The summed E-state index contributed by atoms with van der Waals surface area (Å²) in [4.78, 5) is 10.9. The van der Waals surface area contributed by atoms with Crippen LogP contribution in [0.3, 0.4) is 0 Å². The first-order chi connectivity index (χ1) is 7.76. The van der Waals surface area contributed by atoms with Crippen molar-refractivity contribution in [3.8, 4) is 0 Å². The molecule has 0 heterocycles. The Morgan fingerprint density at radius 2 is 2.00 bits per heavy atom. The molecule has 94 valence electrons. The van der Waals surface area contributed by atoms with E-state index in [1.807, 2.05) is 0 Å². The zero-order chi connectivity index (χ0) is 13.2. The van der Waals surface area contributed by atoms with Gasteiger partial charge in [-0.1, -0.05) is 17.7 Å². The minimum Gasteiger partial charge on any atom is -0.397 e. The van der Waals surface area contributed by atoms with Crippen molar-refractivity contribution in [1.29, 1.82) is 0 Å². The lowest BCUT2D eigenvalue weighted by Gasteiger charge is -2.16. The van der Waals surface area contributed by atoms with Gasteiger partial charge in [-0.25, -0.2) is 8.78 Å². The fraction of sp³-hybridized carbons (Fsp3) is 0.222. The van der Waals surface area contributed by atoms with Gasteiger partial charge in [-0.2, -0.15) is 8.78 Å². The highest BCUT2D eigenvalue weighted by atomic mass is 35.5. The van der Waals surface area contributed by atoms with E-state index < -0.39 is 18.3 Å². The van der Waals surface area contributed by atoms with Crippen molar-refractivity contribution in [2.45, 2.75) is 12.3 Å². The first kappa shape index (κ1) is 13.6. The molecule has 0 aliphatic rings. The molecule has 8 heteroatoms. The van der Waals surface area contributed by atoms with E-state index >= 15 is 0 Å². The number of hydrogen-bond acceptors (Lipinski definition) is 2. The van der Waals surface area contributed by atoms with Crippen LogP contribution >= 0.6 is 11.6 Å². The van der Waals surface area contributed by atoms with Crippen LogP contribution in [0.25, 0.3) is 0 Å². The van der Waals surface area contributed by atoms with E-state index in [1.54, 1.807) is 5.32 Å². The summed E-state index contributed by atoms with van der Waals surface area (Å²) in [6.07, 6.45) is -4.11. The second kappa shape index (κ2) is 4.79. The highest BCUT2D eigenvalue weighted by Crippen LogP contribution is 2.31. The van der Waals surface area contributed by atoms with Crippen LogP contribution in [0, 0.1) is 0 Å². The molecule has 1 amide bonds. The maximum absolute atomic E-state index is 12.6. The van der Waals surface area contributed by atoms with Crippen molar-refractivity contribution in [3.05, 3.63) is 23.2 Å². The number of halogens is 5. The lowest BCUT2D eigenvalue weighted by molar-refractivity contribution is -0.163. The molecule has 0 fully saturated rings. The van der Waals surface area contributed by atoms with E-state index in [1.165, 1.54) is 18.2 Å². The van der Waals surface area contributed by atoms with E-state index in [2.05, 4.69) is 0 Å². The molecule has 0 saturated carbocycles. The van der Waals surface area contributed by atoms with Gasteiger partial charge in [0, 0.05) is 0 Å². The Morgan fingerprint density at radius 3 is 2.47 bits per heavy atom. The predicted molar refractivity (Wildman–Crippen MR) is 55.4 cm³/mol. The summed E-state index contributed by atoms with van der Waals surface area (Å²) in [6.45, 7) is 0. The summed E-state index contributed by atoms with van der Waals surface area (Å²) >= 11 is 5.58. The first-order valence-corrected chi connectivity index (χ1v) is 4.66. The Bertz CT molecular complexity index is 419. The zero-order valence-electron chi connectivity index (χ0n) is 8.18. The highest BCUT2D eigenvalue weighted by Gasteiger charge is 2.49. The molecular weight excluding hydrogens is 264 g/mol. The number of carbonyl (C=O) groups excluding carboxylic acids is 1. The predicted octanol–water partition coefficient (Wildman–Crippen LogP) is 2.76. The molecule has 0 atom stereocenters. The van der Waals surface area contributed by atoms with Crippen LogP contribution in [0.2, 0.25) is 5.02 Å². The van der Waals surface area contributed by atoms with Gasteiger partial charge < -0.3 is 11.1 Å². The van der Waals surface area contributed by atoms with Crippen molar-refractivity contribution < 1.29 is 22.4 Å². The minimum absolute atomic E-state index is 0.101. The van der Waals surface area contributed by atoms with Gasteiger partial charge in [-0.05, 0) is 12.1 Å². The lowest BCUT2D eigenvalue weighted by Crippen LogP contribution is -2.41. The highest BCUT2D eigenvalue weighted by molar-refractivity contribution is 6.34. The molecule has 0 unspecified atom stereocenters. The van der Waals surface area contributed by atoms with Crippen LogP contribution in [0.5, 0.6) is 0 Å². The second-order valence-electron chi connectivity index (χ2n) is 3.08. The maximum Gasteiger partial charge on any atom is 0.383 e. The molecule has 0 aromatic heterocycles. The van der Waals surface area contributed by atoms with Crippen LogP contribution in [0.4, 0.5) is 28.9 Å². The van der Waals surface area contributed by atoms with E-state index in [0.29, 0.717) is 0 Å². The first-order valence-electron chi connectivity index (χ1n) is 4.28. The summed E-state index contributed by atoms with van der Waals surface area (Å²) in [5.41, 5.74) is 4.94. The van der Waals surface area contributed by atoms with Gasteiger partial charge in [0.05, 0.1) is 16.4 Å². The number of nitrogen functional groups attached to an aromatic ring is 1. The molecule has 0 saturated heterocycles. The van der Waals surface area contributed by atoms with Crippen LogP contribution in [-0.2, 0) is 4.79 Å². The van der Waals surface area contributed by atoms with Crippen molar-refractivity contribution in [1.82, 2.24) is 0 Å². The van der Waals surface area contributed by atoms with Crippen molar-refractivity contribution in [2.75, 3.05) is 11.1 Å². The number of alkyl halides is 4. The molecule has 3 nitrogen and oxygen atoms in total. The van der Waals surface area contributed by atoms with Crippen LogP contribution in [0.1, 0.15) is 0 Å². The number of amides is 1. The molecule has 0 aliphatic carbocycles. The summed E-state index contributed by atoms with van der Waals surface area (Å²) in [7, 11) is 0. The number of para-hydroxylation sites is 1. The van der Waals surface area contributed by atoms with Gasteiger partial charge in [0.25, 0.3) is 0 Å². The summed E-state index contributed by atoms with van der Waals surface area (Å²) < 4.78 is 49.1. The number of anilines is 2. The fourth-order valence-electron chi connectivity index (χ4n) is 0.969. The maximum atomic E-state index is 12.6. The van der Waals surface area contributed by atoms with Gasteiger partial charge in [0.1, 0.15) is 0 Å². The molecule has 0 radical (unpaired) electrons. The lowest BCUT2D eigenvalue weighted by atomic mass is 10.2. The van der Waals surface area contributed by atoms with Crippen LogP contribution in [0.15, 0.2) is 18.2 Å². The van der Waals surface area contributed by atoms with Crippen molar-refractivity contribution in [3.63, 3.8) is 0 Å². The van der Waals surface area contributed by atoms with E-state index in [0.717, 1.165) is 0 Å². The van der Waals surface area contributed by atoms with Gasteiger partial charge in [0.15, 0.2) is 0 Å². The standard InChI is InChI=1S/C9H7ClF4N2O/c10-4-2-1-3-5(15)6(4)16-8(17)9(13,14)7(11)12/h1-3,7H,15H2,(H,16,17). The average Bonchev–Trinajstić information content (AvgIpc) is 2.23. The number of rotatable bonds is 3. The monoisotopic (exact) mass is 270 g/mol. The Labute approximate surface area is 98.5 Å². The molecule has 0 bridgehead atoms. The van der Waals surface area contributed by atoms with E-state index in [9.17, 15) is 22.4 Å². The SMILES string of the molecule is Nc1cccc(Cl)c1NC(=O)C(F)(F)C(F)F. The smallest absolute Gasteiger partial charge is 0.383 e. The molecule has 1 rings (SSSR count). The normalized spacial score (nSPS) is 11.6. The molecule has 3 N–H and O–H groups in total. The van der Waals surface area contributed by atoms with E-state index in [-0.39, 0.29) is 16.4 Å². The van der Waals surface area contributed by atoms with Crippen molar-refractivity contribution >= 4 is 28.9 Å². The van der Waals surface area contributed by atoms with Crippen LogP contribution in [-0.4, -0.2) is 18.3 Å². The third-order valence-electron chi connectivity index (χ3n) is 1.86. The number of hydrogen-bond donors (Lipinski definition) is 2. The number of benzene rings is 1. The zero-order valence-corrected chi connectivity index (χ0v) is 8.94. The summed E-state index contributed by atoms with van der Waals surface area (Å²) in [5, 5.41) is 1.45. The Morgan fingerprint density at radius 1 is 1.41 bits per heavy atom. The third kappa shape index (κ3) is 2.79. The number of nitrogens with two attached hydrogens (primary N) is 1. The Hall–Kier alpha value is -1.50. The molecular formula is C9H7ClF4N2O. The van der Waals surface area contributed by atoms with Crippen molar-refractivity contribution in [2.24, 2.45) is 0 Å². The van der Waals surface area contributed by atoms with Gasteiger partial charge >= 0.3 is 18.3 Å². The van der Waals surface area contributed by atoms with Gasteiger partial charge in [-0.15, -0.1) is 0 Å². The molecule has 0 aliphatic heterocycles.